The minimum atomic E-state index is -3.19. The summed E-state index contributed by atoms with van der Waals surface area (Å²) in [7, 11) is -3.19. The molecule has 0 saturated heterocycles. The Hall–Kier alpha value is -1.89. The topological polar surface area (TPSA) is 89.5 Å². The molecule has 0 bridgehead atoms. The number of carbonyl (C=O) groups excluding carboxylic acids is 2. The van der Waals surface area contributed by atoms with Gasteiger partial charge in [-0.05, 0) is 36.0 Å². The zero-order valence-electron chi connectivity index (χ0n) is 15.5. The molecule has 2 rings (SSSR count). The average Bonchev–Trinajstić information content (AvgIpc) is 2.55. The summed E-state index contributed by atoms with van der Waals surface area (Å²) < 4.78 is 27.8. The molecule has 26 heavy (non-hydrogen) atoms. The van der Waals surface area contributed by atoms with E-state index < -0.39 is 15.8 Å². The van der Waals surface area contributed by atoms with Gasteiger partial charge in [0.2, 0.25) is 0 Å². The van der Waals surface area contributed by atoms with Gasteiger partial charge in [0.25, 0.3) is 5.91 Å². The van der Waals surface area contributed by atoms with Crippen LogP contribution in [0.1, 0.15) is 49.0 Å². The van der Waals surface area contributed by atoms with Gasteiger partial charge >= 0.3 is 5.97 Å². The van der Waals surface area contributed by atoms with E-state index in [0.29, 0.717) is 17.4 Å². The summed E-state index contributed by atoms with van der Waals surface area (Å²) in [6.45, 7) is 3.98. The fourth-order valence-electron chi connectivity index (χ4n) is 3.34. The van der Waals surface area contributed by atoms with Crippen LogP contribution in [0.4, 0.5) is 0 Å². The molecule has 1 fully saturated rings. The Balaban J connectivity index is 1.88. The van der Waals surface area contributed by atoms with E-state index in [1.807, 2.05) is 0 Å². The second-order valence-electron chi connectivity index (χ2n) is 7.29. The Morgan fingerprint density at radius 3 is 2.65 bits per heavy atom. The monoisotopic (exact) mass is 381 g/mol. The van der Waals surface area contributed by atoms with Gasteiger partial charge in [0.1, 0.15) is 0 Å². The van der Waals surface area contributed by atoms with E-state index in [1.165, 1.54) is 18.6 Å². The molecule has 1 aromatic rings. The van der Waals surface area contributed by atoms with Gasteiger partial charge in [-0.25, -0.2) is 13.2 Å². The van der Waals surface area contributed by atoms with E-state index in [-0.39, 0.29) is 29.9 Å². The normalized spacial score (nSPS) is 23.3. The minimum absolute atomic E-state index is 0.114. The van der Waals surface area contributed by atoms with Crippen LogP contribution >= 0.6 is 0 Å². The Bertz CT molecular complexity index is 759. The smallest absolute Gasteiger partial charge is 0.338 e. The number of benzene rings is 1. The third-order valence-corrected chi connectivity index (χ3v) is 5.84. The molecule has 1 N–H and O–H groups in total. The molecule has 0 spiro atoms. The summed E-state index contributed by atoms with van der Waals surface area (Å²) in [5.74, 6) is -0.130. The SMILES string of the molecule is CC1CCCC(NC(=O)COC(=O)c2cccc(CS(C)(=O)=O)c2)C1C. The predicted molar refractivity (Wildman–Crippen MR) is 99.4 cm³/mol. The largest absolute Gasteiger partial charge is 0.452 e. The van der Waals surface area contributed by atoms with E-state index in [1.54, 1.807) is 12.1 Å². The lowest BCUT2D eigenvalue weighted by atomic mass is 9.78. The second-order valence-corrected chi connectivity index (χ2v) is 9.43. The molecule has 1 amide bonds. The zero-order chi connectivity index (χ0) is 19.3. The number of esters is 1. The molecule has 0 heterocycles. The lowest BCUT2D eigenvalue weighted by Gasteiger charge is -2.34. The van der Waals surface area contributed by atoms with Crippen molar-refractivity contribution in [3.8, 4) is 0 Å². The average molecular weight is 381 g/mol. The molecule has 0 aliphatic heterocycles. The lowest BCUT2D eigenvalue weighted by Crippen LogP contribution is -2.45. The first-order valence-corrected chi connectivity index (χ1v) is 10.9. The fraction of sp³-hybridized carbons (Fsp3) is 0.579. The van der Waals surface area contributed by atoms with Crippen LogP contribution in [0.3, 0.4) is 0 Å². The van der Waals surface area contributed by atoms with E-state index in [2.05, 4.69) is 19.2 Å². The van der Waals surface area contributed by atoms with Gasteiger partial charge in [-0.2, -0.15) is 0 Å². The van der Waals surface area contributed by atoms with Crippen molar-refractivity contribution in [2.75, 3.05) is 12.9 Å². The number of ether oxygens (including phenoxy) is 1. The first-order valence-electron chi connectivity index (χ1n) is 8.89. The van der Waals surface area contributed by atoms with Crippen LogP contribution in [0.15, 0.2) is 24.3 Å². The maximum absolute atomic E-state index is 12.1. The number of carbonyl (C=O) groups is 2. The second kappa shape index (κ2) is 8.66. The van der Waals surface area contributed by atoms with Crippen molar-refractivity contribution in [2.24, 2.45) is 11.8 Å². The van der Waals surface area contributed by atoms with E-state index >= 15 is 0 Å². The van der Waals surface area contributed by atoms with Gasteiger partial charge in [0, 0.05) is 12.3 Å². The zero-order valence-corrected chi connectivity index (χ0v) is 16.3. The molecule has 6 nitrogen and oxygen atoms in total. The standard InChI is InChI=1S/C19H27NO5S/c1-13-6-4-9-17(14(13)2)20-18(21)11-25-19(22)16-8-5-7-15(10-16)12-26(3,23)24/h5,7-8,10,13-14,17H,4,6,9,11-12H2,1-3H3,(H,20,21). The lowest BCUT2D eigenvalue weighted by molar-refractivity contribution is -0.125. The molecular formula is C19H27NO5S. The maximum atomic E-state index is 12.1. The molecule has 1 aliphatic carbocycles. The summed E-state index contributed by atoms with van der Waals surface area (Å²) in [5.41, 5.74) is 0.745. The van der Waals surface area contributed by atoms with Crippen LogP contribution in [0.5, 0.6) is 0 Å². The molecule has 3 atom stereocenters. The highest BCUT2D eigenvalue weighted by Crippen LogP contribution is 2.29. The highest BCUT2D eigenvalue weighted by atomic mass is 32.2. The first kappa shape index (κ1) is 20.4. The summed E-state index contributed by atoms with van der Waals surface area (Å²) in [4.78, 5) is 24.2. The van der Waals surface area contributed by atoms with Crippen molar-refractivity contribution in [3.05, 3.63) is 35.4 Å². The Morgan fingerprint density at radius 1 is 1.23 bits per heavy atom. The molecular weight excluding hydrogens is 354 g/mol. The molecule has 1 aliphatic rings. The van der Waals surface area contributed by atoms with E-state index in [4.69, 9.17) is 4.74 Å². The Kier molecular flexibility index (Phi) is 6.81. The van der Waals surface area contributed by atoms with Gasteiger partial charge in [-0.3, -0.25) is 4.79 Å². The maximum Gasteiger partial charge on any atom is 0.338 e. The summed E-state index contributed by atoms with van der Waals surface area (Å²) in [5, 5.41) is 2.95. The molecule has 1 saturated carbocycles. The van der Waals surface area contributed by atoms with Crippen molar-refractivity contribution >= 4 is 21.7 Å². The highest BCUT2D eigenvalue weighted by Gasteiger charge is 2.28. The molecule has 3 unspecified atom stereocenters. The third kappa shape index (κ3) is 6.12. The van der Waals surface area contributed by atoms with Crippen LogP contribution in [0.2, 0.25) is 0 Å². The first-order chi connectivity index (χ1) is 12.2. The Labute approximate surface area is 155 Å². The fourth-order valence-corrected chi connectivity index (χ4v) is 4.12. The van der Waals surface area contributed by atoms with Crippen molar-refractivity contribution in [2.45, 2.75) is 44.9 Å². The Morgan fingerprint density at radius 2 is 1.96 bits per heavy atom. The van der Waals surface area contributed by atoms with Gasteiger partial charge in [-0.15, -0.1) is 0 Å². The number of rotatable bonds is 6. The summed E-state index contributed by atoms with van der Waals surface area (Å²) in [6, 6.07) is 6.37. The summed E-state index contributed by atoms with van der Waals surface area (Å²) >= 11 is 0. The van der Waals surface area contributed by atoms with E-state index in [9.17, 15) is 18.0 Å². The molecule has 0 aromatic heterocycles. The van der Waals surface area contributed by atoms with Crippen molar-refractivity contribution in [1.29, 1.82) is 0 Å². The van der Waals surface area contributed by atoms with E-state index in [0.717, 1.165) is 19.1 Å². The molecule has 1 aromatic carbocycles. The minimum Gasteiger partial charge on any atom is -0.452 e. The number of amides is 1. The highest BCUT2D eigenvalue weighted by molar-refractivity contribution is 7.89. The van der Waals surface area contributed by atoms with Gasteiger partial charge < -0.3 is 10.1 Å². The third-order valence-electron chi connectivity index (χ3n) is 4.98. The van der Waals surface area contributed by atoms with Crippen LogP contribution in [-0.2, 0) is 25.1 Å². The number of hydrogen-bond acceptors (Lipinski definition) is 5. The van der Waals surface area contributed by atoms with Crippen molar-refractivity contribution in [1.82, 2.24) is 5.32 Å². The van der Waals surface area contributed by atoms with Crippen LogP contribution in [0, 0.1) is 11.8 Å². The number of nitrogens with one attached hydrogen (secondary N) is 1. The summed E-state index contributed by atoms with van der Waals surface area (Å²) in [6.07, 6.45) is 4.34. The molecule has 7 heteroatoms. The van der Waals surface area contributed by atoms with Gasteiger partial charge in [0.15, 0.2) is 16.4 Å². The molecule has 144 valence electrons. The van der Waals surface area contributed by atoms with Crippen LogP contribution < -0.4 is 5.32 Å². The predicted octanol–water partition coefficient (Wildman–Crippen LogP) is 2.33. The number of sulfone groups is 1. The van der Waals surface area contributed by atoms with Crippen LogP contribution in [0.25, 0.3) is 0 Å². The van der Waals surface area contributed by atoms with Crippen molar-refractivity contribution < 1.29 is 22.7 Å². The number of hydrogen-bond donors (Lipinski definition) is 1. The van der Waals surface area contributed by atoms with Gasteiger partial charge in [0.05, 0.1) is 11.3 Å². The quantitative estimate of drug-likeness (QED) is 0.764. The van der Waals surface area contributed by atoms with Gasteiger partial charge in [-0.1, -0.05) is 38.8 Å². The molecule has 0 radical (unpaired) electrons. The van der Waals surface area contributed by atoms with Crippen LogP contribution in [-0.4, -0.2) is 39.2 Å². The van der Waals surface area contributed by atoms with Crippen molar-refractivity contribution in [3.63, 3.8) is 0 Å².